The van der Waals surface area contributed by atoms with Crippen LogP contribution in [-0.4, -0.2) is 50.5 Å². The number of carbonyl (C=O) groups excluding carboxylic acids is 2. The Labute approximate surface area is 241 Å². The molecule has 0 spiro atoms. The third-order valence-electron chi connectivity index (χ3n) is 6.52. The van der Waals surface area contributed by atoms with Gasteiger partial charge in [0, 0.05) is 30.1 Å². The molecule has 0 heterocycles. The zero-order valence-corrected chi connectivity index (χ0v) is 24.5. The number of benzene rings is 3. The Morgan fingerprint density at radius 3 is 2.35 bits per heavy atom. The minimum atomic E-state index is -3.94. The lowest BCUT2D eigenvalue weighted by molar-refractivity contribution is -0.140. The summed E-state index contributed by atoms with van der Waals surface area (Å²) in [6.45, 7) is 3.31. The van der Waals surface area contributed by atoms with E-state index in [9.17, 15) is 22.4 Å². The number of halogens is 2. The fourth-order valence-electron chi connectivity index (χ4n) is 4.32. The number of anilines is 1. The van der Waals surface area contributed by atoms with Gasteiger partial charge in [0.05, 0.1) is 11.9 Å². The molecule has 2 amide bonds. The van der Waals surface area contributed by atoms with Crippen LogP contribution in [0.25, 0.3) is 0 Å². The first kappa shape index (κ1) is 31.1. The maximum Gasteiger partial charge on any atom is 0.244 e. The number of amides is 2. The molecule has 0 saturated heterocycles. The van der Waals surface area contributed by atoms with E-state index in [0.29, 0.717) is 17.1 Å². The van der Waals surface area contributed by atoms with Crippen LogP contribution in [-0.2, 0) is 32.6 Å². The molecule has 3 rings (SSSR count). The van der Waals surface area contributed by atoms with E-state index in [1.54, 1.807) is 31.2 Å². The van der Waals surface area contributed by atoms with Crippen molar-refractivity contribution in [2.75, 3.05) is 23.7 Å². The first-order chi connectivity index (χ1) is 19.0. The molecule has 0 radical (unpaired) electrons. The Bertz CT molecular complexity index is 1420. The standard InChI is InChI=1S/C30H35ClFN3O4S/c1-4-5-17-33-30(37)28(18-23-11-7-6-8-12-23)34(20-24-13-9-10-14-26(24)32)29(36)21-35(40(3,38)39)27-19-25(31)16-15-22(27)2/h6-16,19,28H,4-5,17-18,20-21H2,1-3H3,(H,33,37). The fourth-order valence-corrected chi connectivity index (χ4v) is 5.38. The maximum absolute atomic E-state index is 14.8. The molecule has 3 aromatic rings. The van der Waals surface area contributed by atoms with Crippen molar-refractivity contribution in [3.8, 4) is 0 Å². The number of nitrogens with zero attached hydrogens (tertiary/aromatic N) is 2. The molecule has 1 N–H and O–H groups in total. The van der Waals surface area contributed by atoms with E-state index in [-0.39, 0.29) is 24.2 Å². The smallest absolute Gasteiger partial charge is 0.244 e. The van der Waals surface area contributed by atoms with Gasteiger partial charge < -0.3 is 10.2 Å². The molecule has 3 aromatic carbocycles. The Hall–Kier alpha value is -3.43. The van der Waals surface area contributed by atoms with Gasteiger partial charge in [-0.05, 0) is 42.7 Å². The van der Waals surface area contributed by atoms with E-state index >= 15 is 0 Å². The quantitative estimate of drug-likeness (QED) is 0.282. The normalized spacial score (nSPS) is 12.0. The van der Waals surface area contributed by atoms with Crippen molar-refractivity contribution in [2.45, 2.75) is 45.7 Å². The summed E-state index contributed by atoms with van der Waals surface area (Å²) >= 11 is 6.17. The predicted octanol–water partition coefficient (Wildman–Crippen LogP) is 5.11. The van der Waals surface area contributed by atoms with E-state index in [1.165, 1.54) is 23.1 Å². The zero-order valence-electron chi connectivity index (χ0n) is 22.9. The van der Waals surface area contributed by atoms with Crippen molar-refractivity contribution in [3.05, 3.63) is 100 Å². The molecule has 1 unspecified atom stereocenters. The molecule has 0 aliphatic rings. The molecule has 0 fully saturated rings. The maximum atomic E-state index is 14.8. The molecule has 0 aliphatic carbocycles. The number of hydrogen-bond donors (Lipinski definition) is 1. The van der Waals surface area contributed by atoms with E-state index in [4.69, 9.17) is 11.6 Å². The van der Waals surface area contributed by atoms with Gasteiger partial charge in [0.25, 0.3) is 0 Å². The van der Waals surface area contributed by atoms with Crippen molar-refractivity contribution in [1.29, 1.82) is 0 Å². The van der Waals surface area contributed by atoms with Gasteiger partial charge in [-0.25, -0.2) is 12.8 Å². The molecule has 10 heteroatoms. The van der Waals surface area contributed by atoms with E-state index in [2.05, 4.69) is 5.32 Å². The first-order valence-corrected chi connectivity index (χ1v) is 15.3. The van der Waals surface area contributed by atoms with Crippen LogP contribution >= 0.6 is 11.6 Å². The molecule has 214 valence electrons. The molecule has 40 heavy (non-hydrogen) atoms. The molecule has 7 nitrogen and oxygen atoms in total. The lowest BCUT2D eigenvalue weighted by Gasteiger charge is -2.34. The van der Waals surface area contributed by atoms with Crippen LogP contribution in [0.3, 0.4) is 0 Å². The van der Waals surface area contributed by atoms with Gasteiger partial charge in [-0.3, -0.25) is 13.9 Å². The second-order valence-electron chi connectivity index (χ2n) is 9.66. The number of aryl methyl sites for hydroxylation is 1. The fraction of sp³-hybridized carbons (Fsp3) is 0.333. The molecular formula is C30H35ClFN3O4S. The summed E-state index contributed by atoms with van der Waals surface area (Å²) in [6, 6.07) is 19.0. The van der Waals surface area contributed by atoms with Gasteiger partial charge in [-0.1, -0.05) is 79.5 Å². The first-order valence-electron chi connectivity index (χ1n) is 13.1. The zero-order chi connectivity index (χ0) is 29.3. The number of sulfonamides is 1. The van der Waals surface area contributed by atoms with Crippen molar-refractivity contribution in [1.82, 2.24) is 10.2 Å². The number of rotatable bonds is 13. The van der Waals surface area contributed by atoms with Gasteiger partial charge in [-0.15, -0.1) is 0 Å². The Kier molecular flexibility index (Phi) is 11.1. The SMILES string of the molecule is CCCCNC(=O)C(Cc1ccccc1)N(Cc1ccccc1F)C(=O)CN(c1cc(Cl)ccc1C)S(C)(=O)=O. The van der Waals surface area contributed by atoms with E-state index in [1.807, 2.05) is 37.3 Å². The third kappa shape index (κ3) is 8.53. The summed E-state index contributed by atoms with van der Waals surface area (Å²) in [7, 11) is -3.94. The van der Waals surface area contributed by atoms with Crippen LogP contribution in [0.5, 0.6) is 0 Å². The van der Waals surface area contributed by atoms with Gasteiger partial charge in [0.15, 0.2) is 0 Å². The molecular weight excluding hydrogens is 553 g/mol. The molecule has 0 aliphatic heterocycles. The number of unbranched alkanes of at least 4 members (excludes halogenated alkanes) is 1. The van der Waals surface area contributed by atoms with Gasteiger partial charge in [0.1, 0.15) is 18.4 Å². The second-order valence-corrected chi connectivity index (χ2v) is 12.0. The van der Waals surface area contributed by atoms with E-state index in [0.717, 1.165) is 29.0 Å². The molecule has 0 saturated carbocycles. The van der Waals surface area contributed by atoms with Crippen molar-refractivity contribution >= 4 is 39.1 Å². The summed E-state index contributed by atoms with van der Waals surface area (Å²) in [5.74, 6) is -1.58. The highest BCUT2D eigenvalue weighted by Crippen LogP contribution is 2.27. The van der Waals surface area contributed by atoms with Crippen LogP contribution in [0.4, 0.5) is 10.1 Å². The Balaban J connectivity index is 2.07. The van der Waals surface area contributed by atoms with Crippen LogP contribution < -0.4 is 9.62 Å². The van der Waals surface area contributed by atoms with Crippen molar-refractivity contribution in [2.24, 2.45) is 0 Å². The summed E-state index contributed by atoms with van der Waals surface area (Å²) in [5.41, 5.74) is 1.86. The van der Waals surface area contributed by atoms with Gasteiger partial charge in [0.2, 0.25) is 21.8 Å². The topological polar surface area (TPSA) is 86.8 Å². The van der Waals surface area contributed by atoms with Gasteiger partial charge in [-0.2, -0.15) is 0 Å². The lowest BCUT2D eigenvalue weighted by atomic mass is 10.0. The monoisotopic (exact) mass is 587 g/mol. The highest BCUT2D eigenvalue weighted by Gasteiger charge is 2.33. The number of carbonyl (C=O) groups is 2. The van der Waals surface area contributed by atoms with Gasteiger partial charge >= 0.3 is 0 Å². The third-order valence-corrected chi connectivity index (χ3v) is 7.88. The molecule has 1 atom stereocenters. The van der Waals surface area contributed by atoms with Crippen LogP contribution in [0.15, 0.2) is 72.8 Å². The lowest BCUT2D eigenvalue weighted by Crippen LogP contribution is -2.53. The highest BCUT2D eigenvalue weighted by molar-refractivity contribution is 7.92. The molecule has 0 bridgehead atoms. The average molecular weight is 588 g/mol. The van der Waals surface area contributed by atoms with E-state index < -0.39 is 40.2 Å². The second kappa shape index (κ2) is 14.3. The van der Waals surface area contributed by atoms with Crippen LogP contribution in [0.1, 0.15) is 36.5 Å². The van der Waals surface area contributed by atoms with Crippen molar-refractivity contribution < 1.29 is 22.4 Å². The van der Waals surface area contributed by atoms with Crippen molar-refractivity contribution in [3.63, 3.8) is 0 Å². The largest absolute Gasteiger partial charge is 0.354 e. The minimum Gasteiger partial charge on any atom is -0.354 e. The average Bonchev–Trinajstić information content (AvgIpc) is 2.91. The Morgan fingerprint density at radius 2 is 1.70 bits per heavy atom. The molecule has 0 aromatic heterocycles. The highest BCUT2D eigenvalue weighted by atomic mass is 35.5. The summed E-state index contributed by atoms with van der Waals surface area (Å²) in [5, 5.41) is 3.20. The summed E-state index contributed by atoms with van der Waals surface area (Å²) in [6.07, 6.45) is 2.78. The Morgan fingerprint density at radius 1 is 1.02 bits per heavy atom. The van der Waals surface area contributed by atoms with Crippen LogP contribution in [0, 0.1) is 12.7 Å². The van der Waals surface area contributed by atoms with Crippen LogP contribution in [0.2, 0.25) is 5.02 Å². The summed E-state index contributed by atoms with van der Waals surface area (Å²) in [4.78, 5) is 28.9. The summed E-state index contributed by atoms with van der Waals surface area (Å²) < 4.78 is 41.6. The number of nitrogens with one attached hydrogen (secondary N) is 1. The minimum absolute atomic E-state index is 0.161. The predicted molar refractivity (Wildman–Crippen MR) is 157 cm³/mol. The number of hydrogen-bond acceptors (Lipinski definition) is 4.